The Labute approximate surface area is 231 Å². The molecule has 0 aliphatic carbocycles. The number of ether oxygens (including phenoxy) is 1. The molecule has 1 saturated heterocycles. The van der Waals surface area contributed by atoms with Crippen molar-refractivity contribution in [3.8, 4) is 11.5 Å². The molecule has 1 fully saturated rings. The van der Waals surface area contributed by atoms with Crippen molar-refractivity contribution in [2.24, 2.45) is 0 Å². The molecule has 0 spiro atoms. The normalized spacial score (nSPS) is 15.3. The molecule has 0 amide bonds. The number of aryl methyl sites for hydroxylation is 1. The first-order valence-corrected chi connectivity index (χ1v) is 15.2. The van der Waals surface area contributed by atoms with E-state index < -0.39 is 16.2 Å². The summed E-state index contributed by atoms with van der Waals surface area (Å²) in [7, 11) is -4.05. The molecular formula is C28H31N3O6S2. The lowest BCUT2D eigenvalue weighted by Gasteiger charge is -2.25. The predicted molar refractivity (Wildman–Crippen MR) is 152 cm³/mol. The number of aromatic hydroxyl groups is 1. The Morgan fingerprint density at radius 2 is 1.97 bits per heavy atom. The third kappa shape index (κ3) is 6.60. The topological polar surface area (TPSA) is 115 Å². The van der Waals surface area contributed by atoms with Gasteiger partial charge in [-0.2, -0.15) is 8.42 Å². The average Bonchev–Trinajstić information content (AvgIpc) is 3.58. The highest BCUT2D eigenvalue weighted by Gasteiger charge is 2.20. The van der Waals surface area contributed by atoms with Gasteiger partial charge >= 0.3 is 0 Å². The Hall–Kier alpha value is -3.41. The molecule has 0 bridgehead atoms. The summed E-state index contributed by atoms with van der Waals surface area (Å²) in [5, 5.41) is 10.9. The summed E-state index contributed by atoms with van der Waals surface area (Å²) in [6, 6.07) is 9.40. The number of nitrogens with zero attached hydrogens (tertiary/aromatic N) is 3. The second-order valence-electron chi connectivity index (χ2n) is 9.44. The van der Waals surface area contributed by atoms with E-state index >= 15 is 0 Å². The predicted octanol–water partition coefficient (Wildman–Crippen LogP) is 6.02. The van der Waals surface area contributed by atoms with Gasteiger partial charge in [0.15, 0.2) is 10.7 Å². The van der Waals surface area contributed by atoms with Gasteiger partial charge in [0, 0.05) is 42.4 Å². The molecule has 1 N–H and O–H groups in total. The molecule has 1 aliphatic rings. The van der Waals surface area contributed by atoms with Gasteiger partial charge in [-0.1, -0.05) is 24.3 Å². The number of benzene rings is 2. The van der Waals surface area contributed by atoms with E-state index in [0.29, 0.717) is 34.7 Å². The Bertz CT molecular complexity index is 1570. The van der Waals surface area contributed by atoms with E-state index in [-0.39, 0.29) is 17.3 Å². The minimum Gasteiger partial charge on any atom is -0.508 e. The Morgan fingerprint density at radius 3 is 2.74 bits per heavy atom. The van der Waals surface area contributed by atoms with Crippen LogP contribution in [-0.2, 0) is 14.3 Å². The van der Waals surface area contributed by atoms with Crippen molar-refractivity contribution in [2.45, 2.75) is 50.5 Å². The molecule has 2 aromatic heterocycles. The smallest absolute Gasteiger partial charge is 0.297 e. The maximum absolute atomic E-state index is 12.6. The minimum atomic E-state index is -4.05. The standard InChI is InChI=1S/C28H31N3O6S2/c1-3-20(18-35-39(33,34)23-10-7-19(2)25(32)16-23)36-21-8-11-24-26(15-21)37-27(30-24)12-9-22-17-29-28(38-22)31-13-5-4-6-14-31/h7-12,15-17,20,32H,3-6,13-14,18H2,1-2H3. The quantitative estimate of drug-likeness (QED) is 0.229. The fourth-order valence-electron chi connectivity index (χ4n) is 4.21. The van der Waals surface area contributed by atoms with Crippen LogP contribution in [0.3, 0.4) is 0 Å². The summed E-state index contributed by atoms with van der Waals surface area (Å²) in [5.41, 5.74) is 1.83. The van der Waals surface area contributed by atoms with Crippen molar-refractivity contribution in [3.05, 3.63) is 58.9 Å². The van der Waals surface area contributed by atoms with Crippen LogP contribution in [0.1, 0.15) is 48.9 Å². The number of phenolic OH excluding ortho intramolecular Hbond substituents is 1. The summed E-state index contributed by atoms with van der Waals surface area (Å²) < 4.78 is 42.3. The molecule has 1 unspecified atom stereocenters. The van der Waals surface area contributed by atoms with Crippen molar-refractivity contribution >= 4 is 49.8 Å². The molecule has 2 aromatic carbocycles. The number of hydrogen-bond acceptors (Lipinski definition) is 10. The van der Waals surface area contributed by atoms with Crippen LogP contribution in [0, 0.1) is 6.92 Å². The van der Waals surface area contributed by atoms with Gasteiger partial charge in [0.1, 0.15) is 29.7 Å². The number of piperidine rings is 1. The van der Waals surface area contributed by atoms with Gasteiger partial charge < -0.3 is 19.2 Å². The van der Waals surface area contributed by atoms with Crippen molar-refractivity contribution in [1.29, 1.82) is 0 Å². The number of oxazole rings is 1. The Balaban J connectivity index is 1.22. The summed E-state index contributed by atoms with van der Waals surface area (Å²) in [4.78, 5) is 12.3. The fraction of sp³-hybridized carbons (Fsp3) is 0.357. The van der Waals surface area contributed by atoms with E-state index in [2.05, 4.69) is 14.9 Å². The second kappa shape index (κ2) is 11.8. The van der Waals surface area contributed by atoms with Gasteiger partial charge in [0.2, 0.25) is 5.89 Å². The lowest BCUT2D eigenvalue weighted by molar-refractivity contribution is 0.128. The Morgan fingerprint density at radius 1 is 1.15 bits per heavy atom. The molecule has 3 heterocycles. The van der Waals surface area contributed by atoms with Crippen molar-refractivity contribution in [1.82, 2.24) is 9.97 Å². The van der Waals surface area contributed by atoms with Gasteiger partial charge in [0.05, 0.1) is 4.90 Å². The summed E-state index contributed by atoms with van der Waals surface area (Å²) in [6.45, 7) is 5.51. The summed E-state index contributed by atoms with van der Waals surface area (Å²) in [5.74, 6) is 0.883. The number of aromatic nitrogens is 2. The van der Waals surface area contributed by atoms with Crippen LogP contribution in [-0.4, -0.2) is 49.3 Å². The van der Waals surface area contributed by atoms with Crippen LogP contribution < -0.4 is 9.64 Å². The molecule has 4 aromatic rings. The molecule has 206 valence electrons. The third-order valence-corrected chi connectivity index (χ3v) is 8.84. The summed E-state index contributed by atoms with van der Waals surface area (Å²) >= 11 is 1.65. The highest BCUT2D eigenvalue weighted by molar-refractivity contribution is 7.86. The van der Waals surface area contributed by atoms with E-state index in [0.717, 1.165) is 23.1 Å². The first-order valence-electron chi connectivity index (χ1n) is 13.0. The van der Waals surface area contributed by atoms with Crippen LogP contribution in [0.25, 0.3) is 23.3 Å². The van der Waals surface area contributed by atoms with Crippen LogP contribution in [0.15, 0.2) is 51.9 Å². The van der Waals surface area contributed by atoms with E-state index in [1.165, 1.54) is 37.5 Å². The lowest BCUT2D eigenvalue weighted by atomic mass is 10.1. The molecule has 0 saturated carbocycles. The lowest BCUT2D eigenvalue weighted by Crippen LogP contribution is -2.29. The first kappa shape index (κ1) is 27.2. The van der Waals surface area contributed by atoms with E-state index in [4.69, 9.17) is 13.3 Å². The van der Waals surface area contributed by atoms with Gasteiger partial charge in [-0.15, -0.1) is 0 Å². The van der Waals surface area contributed by atoms with Crippen LogP contribution in [0.2, 0.25) is 0 Å². The number of phenols is 1. The second-order valence-corrected chi connectivity index (χ2v) is 12.1. The minimum absolute atomic E-state index is 0.105. The number of rotatable bonds is 10. The van der Waals surface area contributed by atoms with E-state index in [9.17, 15) is 13.5 Å². The highest BCUT2D eigenvalue weighted by atomic mass is 32.2. The molecule has 1 aliphatic heterocycles. The highest BCUT2D eigenvalue weighted by Crippen LogP contribution is 2.28. The van der Waals surface area contributed by atoms with Crippen LogP contribution >= 0.6 is 11.3 Å². The number of fused-ring (bicyclic) bond motifs is 1. The molecule has 9 nitrogen and oxygen atoms in total. The molecule has 1 atom stereocenters. The maximum atomic E-state index is 12.6. The Kier molecular flexibility index (Phi) is 8.20. The number of anilines is 1. The third-order valence-electron chi connectivity index (χ3n) is 6.54. The van der Waals surface area contributed by atoms with Gasteiger partial charge in [-0.05, 0) is 62.4 Å². The molecule has 39 heavy (non-hydrogen) atoms. The van der Waals surface area contributed by atoms with Crippen LogP contribution in [0.4, 0.5) is 5.13 Å². The van der Waals surface area contributed by atoms with E-state index in [1.54, 1.807) is 36.5 Å². The SMILES string of the molecule is CCC(COS(=O)(=O)c1ccc(C)c(O)c1)Oc1ccc2nc(C=Cc3cnc(N4CCCCC4)s3)oc2c1. The largest absolute Gasteiger partial charge is 0.508 e. The number of thiazole rings is 1. The number of hydrogen-bond donors (Lipinski definition) is 1. The zero-order chi connectivity index (χ0) is 27.4. The molecule has 5 rings (SSSR count). The average molecular weight is 570 g/mol. The van der Waals surface area contributed by atoms with Crippen LogP contribution in [0.5, 0.6) is 11.5 Å². The van der Waals surface area contributed by atoms with Gasteiger partial charge in [-0.3, -0.25) is 4.18 Å². The zero-order valence-electron chi connectivity index (χ0n) is 21.9. The molecular weight excluding hydrogens is 538 g/mol. The van der Waals surface area contributed by atoms with Crippen molar-refractivity contribution < 1.29 is 26.9 Å². The van der Waals surface area contributed by atoms with Gasteiger partial charge in [-0.25, -0.2) is 9.97 Å². The molecule has 0 radical (unpaired) electrons. The molecule has 11 heteroatoms. The maximum Gasteiger partial charge on any atom is 0.297 e. The monoisotopic (exact) mass is 569 g/mol. The zero-order valence-corrected chi connectivity index (χ0v) is 23.5. The van der Waals surface area contributed by atoms with Gasteiger partial charge in [0.25, 0.3) is 10.1 Å². The van der Waals surface area contributed by atoms with Crippen molar-refractivity contribution in [2.75, 3.05) is 24.6 Å². The fourth-order valence-corrected chi connectivity index (χ4v) is 6.04. The first-order chi connectivity index (χ1) is 18.8. The summed E-state index contributed by atoms with van der Waals surface area (Å²) in [6.07, 6.45) is 9.36. The van der Waals surface area contributed by atoms with Crippen molar-refractivity contribution in [3.63, 3.8) is 0 Å². The van der Waals surface area contributed by atoms with E-state index in [1.807, 2.05) is 25.3 Å².